The van der Waals surface area contributed by atoms with Gasteiger partial charge in [0, 0.05) is 10.0 Å². The Morgan fingerprint density at radius 1 is 1.44 bits per heavy atom. The fourth-order valence-corrected chi connectivity index (χ4v) is 2.52. The van der Waals surface area contributed by atoms with Crippen LogP contribution in [0.3, 0.4) is 0 Å². The SMILES string of the molecule is CC(=O)C(Br)c1c(Br)cccc1OC(F)F. The Labute approximate surface area is 108 Å². The summed E-state index contributed by atoms with van der Waals surface area (Å²) in [7, 11) is 0. The summed E-state index contributed by atoms with van der Waals surface area (Å²) in [6.07, 6.45) is 0. The number of rotatable bonds is 4. The topological polar surface area (TPSA) is 26.3 Å². The van der Waals surface area contributed by atoms with E-state index in [-0.39, 0.29) is 11.5 Å². The first-order valence-corrected chi connectivity index (χ1v) is 6.02. The van der Waals surface area contributed by atoms with E-state index in [4.69, 9.17) is 0 Å². The molecule has 6 heteroatoms. The molecule has 0 aliphatic rings. The van der Waals surface area contributed by atoms with Gasteiger partial charge in [-0.05, 0) is 19.1 Å². The van der Waals surface area contributed by atoms with Gasteiger partial charge in [0.1, 0.15) is 16.4 Å². The van der Waals surface area contributed by atoms with Crippen molar-refractivity contribution in [3.05, 3.63) is 28.2 Å². The molecule has 0 aliphatic heterocycles. The molecule has 1 atom stereocenters. The number of benzene rings is 1. The van der Waals surface area contributed by atoms with Gasteiger partial charge in [-0.2, -0.15) is 8.78 Å². The standard InChI is InChI=1S/C10H8Br2F2O2/c1-5(15)9(12)8-6(11)3-2-4-7(8)16-10(13)14/h2-4,9-10H,1H3. The second-order valence-corrected chi connectivity index (χ2v) is 4.77. The maximum atomic E-state index is 12.2. The van der Waals surface area contributed by atoms with Gasteiger partial charge in [0.25, 0.3) is 0 Å². The fraction of sp³-hybridized carbons (Fsp3) is 0.300. The van der Waals surface area contributed by atoms with Gasteiger partial charge >= 0.3 is 6.61 Å². The summed E-state index contributed by atoms with van der Waals surface area (Å²) in [6.45, 7) is -1.55. The Morgan fingerprint density at radius 3 is 2.56 bits per heavy atom. The summed E-state index contributed by atoms with van der Waals surface area (Å²) < 4.78 is 29.2. The third-order valence-corrected chi connectivity index (χ3v) is 3.63. The summed E-state index contributed by atoms with van der Waals surface area (Å²) in [5, 5.41) is 0. The van der Waals surface area contributed by atoms with Crippen molar-refractivity contribution in [2.24, 2.45) is 0 Å². The molecule has 1 rings (SSSR count). The van der Waals surface area contributed by atoms with Crippen LogP contribution >= 0.6 is 31.9 Å². The van der Waals surface area contributed by atoms with Gasteiger partial charge in [-0.3, -0.25) is 4.79 Å². The van der Waals surface area contributed by atoms with E-state index in [1.54, 1.807) is 12.1 Å². The number of hydrogen-bond donors (Lipinski definition) is 0. The maximum Gasteiger partial charge on any atom is 0.387 e. The van der Waals surface area contributed by atoms with Crippen LogP contribution in [0.25, 0.3) is 0 Å². The monoisotopic (exact) mass is 356 g/mol. The Morgan fingerprint density at radius 2 is 2.06 bits per heavy atom. The number of hydrogen-bond acceptors (Lipinski definition) is 2. The second-order valence-electron chi connectivity index (χ2n) is 3.00. The average molecular weight is 358 g/mol. The van der Waals surface area contributed by atoms with Gasteiger partial charge < -0.3 is 4.74 Å². The van der Waals surface area contributed by atoms with Crippen molar-refractivity contribution < 1.29 is 18.3 Å². The molecule has 0 spiro atoms. The highest BCUT2D eigenvalue weighted by atomic mass is 79.9. The molecule has 16 heavy (non-hydrogen) atoms. The van der Waals surface area contributed by atoms with Gasteiger partial charge in [-0.25, -0.2) is 0 Å². The van der Waals surface area contributed by atoms with Crippen LogP contribution in [0, 0.1) is 0 Å². The van der Waals surface area contributed by atoms with Gasteiger partial charge in [-0.1, -0.05) is 37.9 Å². The van der Waals surface area contributed by atoms with E-state index < -0.39 is 11.4 Å². The molecular weight excluding hydrogens is 350 g/mol. The smallest absolute Gasteiger partial charge is 0.387 e. The molecule has 2 nitrogen and oxygen atoms in total. The molecule has 0 saturated carbocycles. The van der Waals surface area contributed by atoms with E-state index in [9.17, 15) is 13.6 Å². The predicted octanol–water partition coefficient (Wildman–Crippen LogP) is 4.08. The Kier molecular flexibility index (Phi) is 4.86. The summed E-state index contributed by atoms with van der Waals surface area (Å²) in [5.74, 6) is -0.201. The molecule has 1 unspecified atom stereocenters. The lowest BCUT2D eigenvalue weighted by atomic mass is 10.1. The first-order chi connectivity index (χ1) is 7.43. The lowest BCUT2D eigenvalue weighted by Crippen LogP contribution is -2.09. The Balaban J connectivity index is 3.17. The lowest BCUT2D eigenvalue weighted by molar-refractivity contribution is -0.116. The molecule has 0 bridgehead atoms. The minimum atomic E-state index is -2.92. The van der Waals surface area contributed by atoms with Gasteiger partial charge in [-0.15, -0.1) is 0 Å². The second kappa shape index (κ2) is 5.72. The molecule has 0 aromatic heterocycles. The molecular formula is C10H8Br2F2O2. The van der Waals surface area contributed by atoms with Crippen LogP contribution in [0.15, 0.2) is 22.7 Å². The van der Waals surface area contributed by atoms with Crippen LogP contribution in [0.5, 0.6) is 5.75 Å². The zero-order chi connectivity index (χ0) is 12.3. The summed E-state index contributed by atoms with van der Waals surface area (Å²) in [4.78, 5) is 10.6. The zero-order valence-corrected chi connectivity index (χ0v) is 11.4. The quantitative estimate of drug-likeness (QED) is 0.759. The van der Waals surface area contributed by atoms with Gasteiger partial charge in [0.05, 0.1) is 0 Å². The van der Waals surface area contributed by atoms with Crippen molar-refractivity contribution in [2.45, 2.75) is 18.4 Å². The number of Topliss-reactive ketones (excluding diaryl/α,β-unsaturated/α-hetero) is 1. The minimum absolute atomic E-state index is 0.0125. The first kappa shape index (κ1) is 13.6. The van der Waals surface area contributed by atoms with Crippen molar-refractivity contribution in [2.75, 3.05) is 0 Å². The van der Waals surface area contributed by atoms with Crippen LogP contribution in [-0.4, -0.2) is 12.4 Å². The van der Waals surface area contributed by atoms with E-state index in [1.165, 1.54) is 13.0 Å². The average Bonchev–Trinajstić information content (AvgIpc) is 2.16. The number of ether oxygens (including phenoxy) is 1. The van der Waals surface area contributed by atoms with Crippen molar-refractivity contribution in [3.8, 4) is 5.75 Å². The summed E-state index contributed by atoms with van der Waals surface area (Å²) in [6, 6.07) is 4.61. The lowest BCUT2D eigenvalue weighted by Gasteiger charge is -2.15. The van der Waals surface area contributed by atoms with E-state index in [0.717, 1.165) is 0 Å². The highest BCUT2D eigenvalue weighted by Crippen LogP contribution is 2.38. The van der Waals surface area contributed by atoms with Gasteiger partial charge in [0.15, 0.2) is 0 Å². The van der Waals surface area contributed by atoms with E-state index in [0.29, 0.717) is 10.0 Å². The molecule has 0 fully saturated rings. The van der Waals surface area contributed by atoms with Crippen molar-refractivity contribution in [1.29, 1.82) is 0 Å². The minimum Gasteiger partial charge on any atom is -0.434 e. The van der Waals surface area contributed by atoms with Crippen molar-refractivity contribution in [3.63, 3.8) is 0 Å². The normalized spacial score (nSPS) is 12.6. The molecule has 1 aromatic rings. The number of alkyl halides is 3. The first-order valence-electron chi connectivity index (χ1n) is 4.31. The Bertz CT molecular complexity index is 396. The zero-order valence-electron chi connectivity index (χ0n) is 8.22. The highest BCUT2D eigenvalue weighted by Gasteiger charge is 2.22. The largest absolute Gasteiger partial charge is 0.434 e. The number of ketones is 1. The third-order valence-electron chi connectivity index (χ3n) is 1.84. The molecule has 1 aromatic carbocycles. The predicted molar refractivity (Wildman–Crippen MR) is 63.1 cm³/mol. The number of carbonyl (C=O) groups excluding carboxylic acids is 1. The fourth-order valence-electron chi connectivity index (χ4n) is 1.17. The van der Waals surface area contributed by atoms with Gasteiger partial charge in [0.2, 0.25) is 0 Å². The Hall–Kier alpha value is -0.490. The van der Waals surface area contributed by atoms with Crippen molar-refractivity contribution >= 4 is 37.6 Å². The van der Waals surface area contributed by atoms with Crippen LogP contribution in [0.1, 0.15) is 17.3 Å². The van der Waals surface area contributed by atoms with Crippen LogP contribution < -0.4 is 4.74 Å². The van der Waals surface area contributed by atoms with E-state index >= 15 is 0 Å². The highest BCUT2D eigenvalue weighted by molar-refractivity contribution is 9.11. The maximum absolute atomic E-state index is 12.2. The molecule has 0 radical (unpaired) electrons. The molecule has 0 amide bonds. The molecule has 0 saturated heterocycles. The molecule has 0 heterocycles. The molecule has 88 valence electrons. The van der Waals surface area contributed by atoms with Crippen LogP contribution in [-0.2, 0) is 4.79 Å². The van der Waals surface area contributed by atoms with Crippen molar-refractivity contribution in [1.82, 2.24) is 0 Å². The summed E-state index contributed by atoms with van der Waals surface area (Å²) >= 11 is 6.34. The van der Waals surface area contributed by atoms with E-state index in [2.05, 4.69) is 36.6 Å². The number of carbonyl (C=O) groups is 1. The molecule has 0 N–H and O–H groups in total. The molecule has 0 aliphatic carbocycles. The van der Waals surface area contributed by atoms with E-state index in [1.807, 2.05) is 0 Å². The van der Waals surface area contributed by atoms with Crippen LogP contribution in [0.2, 0.25) is 0 Å². The third kappa shape index (κ3) is 3.25. The number of halogens is 4. The van der Waals surface area contributed by atoms with Crippen LogP contribution in [0.4, 0.5) is 8.78 Å². The summed E-state index contributed by atoms with van der Waals surface area (Å²) in [5.41, 5.74) is 0.371.